The molecule has 0 saturated carbocycles. The van der Waals surface area contributed by atoms with Crippen LogP contribution in [0.1, 0.15) is 18.4 Å². The van der Waals surface area contributed by atoms with E-state index in [1.165, 1.54) is 10.9 Å². The van der Waals surface area contributed by atoms with Gasteiger partial charge in [-0.05, 0) is 59.4 Å². The van der Waals surface area contributed by atoms with E-state index < -0.39 is 0 Å². The highest BCUT2D eigenvalue weighted by molar-refractivity contribution is 9.10. The fourth-order valence-corrected chi connectivity index (χ4v) is 2.45. The fourth-order valence-electron chi connectivity index (χ4n) is 1.90. The van der Waals surface area contributed by atoms with Crippen molar-refractivity contribution in [3.05, 3.63) is 28.4 Å². The maximum Gasteiger partial charge on any atom is 0.135 e. The number of hydrogen-bond acceptors (Lipinski definition) is 2. The molecule has 0 fully saturated rings. The number of nitrogens with zero attached hydrogens (tertiary/aromatic N) is 2. The smallest absolute Gasteiger partial charge is 0.135 e. The molecule has 86 valence electrons. The van der Waals surface area contributed by atoms with Crippen LogP contribution in [0.15, 0.2) is 22.8 Å². The number of rotatable bonds is 4. The summed E-state index contributed by atoms with van der Waals surface area (Å²) < 4.78 is 2.81. The van der Waals surface area contributed by atoms with E-state index in [-0.39, 0.29) is 0 Å². The van der Waals surface area contributed by atoms with Crippen molar-refractivity contribution >= 4 is 26.8 Å². The van der Waals surface area contributed by atoms with Gasteiger partial charge in [-0.15, -0.1) is 0 Å². The van der Waals surface area contributed by atoms with E-state index in [0.29, 0.717) is 0 Å². The van der Waals surface area contributed by atoms with Gasteiger partial charge in [0.15, 0.2) is 0 Å². The van der Waals surface area contributed by atoms with Crippen LogP contribution in [0.5, 0.6) is 0 Å². The molecule has 0 bridgehead atoms. The Morgan fingerprint density at radius 3 is 2.94 bits per heavy atom. The molecule has 0 amide bonds. The minimum atomic E-state index is 0.777. The highest BCUT2D eigenvalue weighted by Gasteiger charge is 2.06. The van der Waals surface area contributed by atoms with Crippen molar-refractivity contribution in [2.45, 2.75) is 19.3 Å². The molecule has 3 nitrogen and oxygen atoms in total. The van der Waals surface area contributed by atoms with E-state index in [2.05, 4.69) is 39.2 Å². The third-order valence-electron chi connectivity index (χ3n) is 2.79. The second kappa shape index (κ2) is 4.97. The van der Waals surface area contributed by atoms with E-state index >= 15 is 0 Å². The van der Waals surface area contributed by atoms with Gasteiger partial charge in [-0.25, -0.2) is 0 Å². The molecule has 0 aliphatic heterocycles. The zero-order valence-electron chi connectivity index (χ0n) is 9.41. The van der Waals surface area contributed by atoms with Gasteiger partial charge < -0.3 is 5.73 Å². The van der Waals surface area contributed by atoms with Gasteiger partial charge in [0.2, 0.25) is 0 Å². The number of halogens is 1. The minimum absolute atomic E-state index is 0.777. The molecule has 0 aliphatic carbocycles. The van der Waals surface area contributed by atoms with Crippen molar-refractivity contribution in [1.29, 1.82) is 0 Å². The Morgan fingerprint density at radius 2 is 2.19 bits per heavy atom. The largest absolute Gasteiger partial charge is 0.330 e. The Hall–Kier alpha value is -0.870. The Labute approximate surface area is 104 Å². The molecule has 2 aromatic rings. The molecular weight excluding hydrogens is 266 g/mol. The van der Waals surface area contributed by atoms with Gasteiger partial charge in [0, 0.05) is 12.4 Å². The monoisotopic (exact) mass is 281 g/mol. The van der Waals surface area contributed by atoms with Crippen LogP contribution in [0.25, 0.3) is 10.9 Å². The van der Waals surface area contributed by atoms with Gasteiger partial charge in [0.1, 0.15) is 4.60 Å². The molecule has 0 aliphatic rings. The minimum Gasteiger partial charge on any atom is -0.330 e. The zero-order valence-corrected chi connectivity index (χ0v) is 11.0. The number of nitrogens with two attached hydrogens (primary N) is 1. The molecular formula is C12H16BrN3. The van der Waals surface area contributed by atoms with Crippen LogP contribution in [0.3, 0.4) is 0 Å². The highest BCUT2D eigenvalue weighted by atomic mass is 79.9. The molecule has 0 spiro atoms. The summed E-state index contributed by atoms with van der Waals surface area (Å²) in [6.45, 7) is 0.777. The SMILES string of the molecule is Cn1nc(Br)c2cc(CCCCN)ccc21. The Bertz CT molecular complexity index is 490. The van der Waals surface area contributed by atoms with Crippen molar-refractivity contribution in [3.63, 3.8) is 0 Å². The highest BCUT2D eigenvalue weighted by Crippen LogP contribution is 2.24. The lowest BCUT2D eigenvalue weighted by Gasteiger charge is -2.01. The number of aromatic nitrogens is 2. The molecule has 1 aromatic carbocycles. The fraction of sp³-hybridized carbons (Fsp3) is 0.417. The Kier molecular flexibility index (Phi) is 3.61. The number of aryl methyl sites for hydroxylation is 2. The van der Waals surface area contributed by atoms with Crippen LogP contribution in [0, 0.1) is 0 Å². The van der Waals surface area contributed by atoms with Crippen molar-refractivity contribution in [2.24, 2.45) is 12.8 Å². The lowest BCUT2D eigenvalue weighted by Crippen LogP contribution is -1.98. The van der Waals surface area contributed by atoms with Crippen molar-refractivity contribution in [2.75, 3.05) is 6.54 Å². The zero-order chi connectivity index (χ0) is 11.5. The van der Waals surface area contributed by atoms with Gasteiger partial charge in [-0.2, -0.15) is 5.10 Å². The molecule has 0 unspecified atom stereocenters. The van der Waals surface area contributed by atoms with Crippen LogP contribution in [0.2, 0.25) is 0 Å². The summed E-state index contributed by atoms with van der Waals surface area (Å²) in [4.78, 5) is 0. The van der Waals surface area contributed by atoms with Crippen LogP contribution < -0.4 is 5.73 Å². The van der Waals surface area contributed by atoms with Gasteiger partial charge >= 0.3 is 0 Å². The van der Waals surface area contributed by atoms with Gasteiger partial charge in [-0.1, -0.05) is 6.07 Å². The first-order chi connectivity index (χ1) is 7.72. The van der Waals surface area contributed by atoms with Gasteiger partial charge in [0.05, 0.1) is 5.52 Å². The topological polar surface area (TPSA) is 43.8 Å². The average molecular weight is 282 g/mol. The number of hydrogen-bond donors (Lipinski definition) is 1. The first kappa shape index (κ1) is 11.6. The Morgan fingerprint density at radius 1 is 1.38 bits per heavy atom. The first-order valence-corrected chi connectivity index (χ1v) is 6.33. The second-order valence-electron chi connectivity index (χ2n) is 4.01. The van der Waals surface area contributed by atoms with Crippen molar-refractivity contribution < 1.29 is 0 Å². The summed E-state index contributed by atoms with van der Waals surface area (Å²) in [6, 6.07) is 6.51. The number of benzene rings is 1. The van der Waals surface area contributed by atoms with Crippen molar-refractivity contribution in [1.82, 2.24) is 9.78 Å². The van der Waals surface area contributed by atoms with Crippen LogP contribution in [-0.2, 0) is 13.5 Å². The molecule has 0 radical (unpaired) electrons. The summed E-state index contributed by atoms with van der Waals surface area (Å²) in [6.07, 6.45) is 3.33. The molecule has 1 heterocycles. The standard InChI is InChI=1S/C12H16BrN3/c1-16-11-6-5-9(4-2-3-7-14)8-10(11)12(13)15-16/h5-6,8H,2-4,7,14H2,1H3. The molecule has 1 aromatic heterocycles. The molecule has 2 N–H and O–H groups in total. The van der Waals surface area contributed by atoms with E-state index in [0.717, 1.165) is 35.9 Å². The third-order valence-corrected chi connectivity index (χ3v) is 3.37. The molecule has 4 heteroatoms. The van der Waals surface area contributed by atoms with E-state index in [1.807, 2.05) is 11.7 Å². The normalized spacial score (nSPS) is 11.2. The number of unbranched alkanes of at least 4 members (excludes halogenated alkanes) is 1. The third kappa shape index (κ3) is 2.28. The lowest BCUT2D eigenvalue weighted by molar-refractivity contribution is 0.745. The second-order valence-corrected chi connectivity index (χ2v) is 4.76. The van der Waals surface area contributed by atoms with Crippen molar-refractivity contribution in [3.8, 4) is 0 Å². The molecule has 16 heavy (non-hydrogen) atoms. The lowest BCUT2D eigenvalue weighted by atomic mass is 10.1. The van der Waals surface area contributed by atoms with E-state index in [1.54, 1.807) is 0 Å². The summed E-state index contributed by atoms with van der Waals surface area (Å²) in [7, 11) is 1.96. The van der Waals surface area contributed by atoms with Crippen LogP contribution in [-0.4, -0.2) is 16.3 Å². The quantitative estimate of drug-likeness (QED) is 0.876. The maximum atomic E-state index is 5.49. The van der Waals surface area contributed by atoms with Crippen LogP contribution >= 0.6 is 15.9 Å². The predicted molar refractivity (Wildman–Crippen MR) is 70.4 cm³/mol. The van der Waals surface area contributed by atoms with E-state index in [9.17, 15) is 0 Å². The summed E-state index contributed by atoms with van der Waals surface area (Å²) >= 11 is 3.48. The molecule has 2 rings (SSSR count). The van der Waals surface area contributed by atoms with Crippen LogP contribution in [0.4, 0.5) is 0 Å². The maximum absolute atomic E-state index is 5.49. The number of fused-ring (bicyclic) bond motifs is 1. The predicted octanol–water partition coefficient (Wildman–Crippen LogP) is 2.62. The van der Waals surface area contributed by atoms with Gasteiger partial charge in [-0.3, -0.25) is 4.68 Å². The summed E-state index contributed by atoms with van der Waals surface area (Å²) in [5.74, 6) is 0. The molecule has 0 atom stereocenters. The summed E-state index contributed by atoms with van der Waals surface area (Å²) in [5, 5.41) is 5.53. The van der Waals surface area contributed by atoms with E-state index in [4.69, 9.17) is 5.73 Å². The summed E-state index contributed by atoms with van der Waals surface area (Å²) in [5.41, 5.74) is 8.01. The van der Waals surface area contributed by atoms with Gasteiger partial charge in [0.25, 0.3) is 0 Å². The average Bonchev–Trinajstić information content (AvgIpc) is 2.55. The Balaban J connectivity index is 2.25. The molecule has 0 saturated heterocycles. The first-order valence-electron chi connectivity index (χ1n) is 5.53.